The molecule has 1 heterocycles. The molecule has 1 rings (SSSR count). The minimum atomic E-state index is 0.0754. The normalized spacial score (nSPS) is 9.79. The van der Waals surface area contributed by atoms with Gasteiger partial charge in [-0.1, -0.05) is 19.4 Å². The molecule has 0 aromatic carbocycles. The van der Waals surface area contributed by atoms with Crippen LogP contribution in [0.15, 0.2) is 24.5 Å². The van der Waals surface area contributed by atoms with Crippen molar-refractivity contribution in [3.63, 3.8) is 0 Å². The van der Waals surface area contributed by atoms with Gasteiger partial charge in [0.15, 0.2) is 0 Å². The summed E-state index contributed by atoms with van der Waals surface area (Å²) >= 11 is 0. The van der Waals surface area contributed by atoms with Crippen LogP contribution < -0.4 is 5.32 Å². The Hall–Kier alpha value is -1.38. The number of unbranched alkanes of at least 4 members (excludes halogenated alkanes) is 1. The van der Waals surface area contributed by atoms with Gasteiger partial charge in [-0.2, -0.15) is 0 Å². The fourth-order valence-corrected chi connectivity index (χ4v) is 1.16. The molecule has 3 nitrogen and oxygen atoms in total. The summed E-state index contributed by atoms with van der Waals surface area (Å²) in [6, 6.07) is 3.75. The Morgan fingerprint density at radius 3 is 3.07 bits per heavy atom. The summed E-state index contributed by atoms with van der Waals surface area (Å²) < 4.78 is 0. The number of hydrogen-bond acceptors (Lipinski definition) is 2. The third-order valence-electron chi connectivity index (χ3n) is 1.94. The molecule has 0 aliphatic carbocycles. The first-order valence-electron chi connectivity index (χ1n) is 4.98. The van der Waals surface area contributed by atoms with Crippen LogP contribution in [0.4, 0.5) is 0 Å². The van der Waals surface area contributed by atoms with E-state index in [-0.39, 0.29) is 5.91 Å². The van der Waals surface area contributed by atoms with Gasteiger partial charge in [-0.15, -0.1) is 0 Å². The van der Waals surface area contributed by atoms with E-state index in [1.54, 1.807) is 12.4 Å². The molecule has 0 unspecified atom stereocenters. The Morgan fingerprint density at radius 1 is 1.57 bits per heavy atom. The summed E-state index contributed by atoms with van der Waals surface area (Å²) in [5, 5.41) is 2.87. The Labute approximate surface area is 84.6 Å². The Morgan fingerprint density at radius 2 is 2.43 bits per heavy atom. The lowest BCUT2D eigenvalue weighted by atomic mass is 10.2. The third kappa shape index (κ3) is 4.03. The highest BCUT2D eigenvalue weighted by atomic mass is 16.1. The Balaban J connectivity index is 2.27. The van der Waals surface area contributed by atoms with E-state index in [9.17, 15) is 4.79 Å². The Bertz CT molecular complexity index is 272. The average molecular weight is 192 g/mol. The van der Waals surface area contributed by atoms with Gasteiger partial charge < -0.3 is 5.32 Å². The van der Waals surface area contributed by atoms with E-state index in [1.807, 2.05) is 12.1 Å². The molecule has 0 bridgehead atoms. The third-order valence-corrected chi connectivity index (χ3v) is 1.94. The topological polar surface area (TPSA) is 42.0 Å². The van der Waals surface area contributed by atoms with Crippen molar-refractivity contribution in [2.45, 2.75) is 26.2 Å². The number of nitrogens with one attached hydrogen (secondary N) is 1. The first kappa shape index (κ1) is 10.7. The molecule has 0 fully saturated rings. The zero-order valence-electron chi connectivity index (χ0n) is 8.49. The fraction of sp³-hybridized carbons (Fsp3) is 0.455. The van der Waals surface area contributed by atoms with Crippen molar-refractivity contribution in [1.29, 1.82) is 0 Å². The van der Waals surface area contributed by atoms with E-state index in [1.165, 1.54) is 0 Å². The number of carbonyl (C=O) groups excluding carboxylic acids is 1. The Kier molecular flexibility index (Phi) is 4.69. The maximum absolute atomic E-state index is 11.3. The van der Waals surface area contributed by atoms with Crippen LogP contribution in [0.25, 0.3) is 0 Å². The van der Waals surface area contributed by atoms with Crippen molar-refractivity contribution in [1.82, 2.24) is 10.3 Å². The lowest BCUT2D eigenvalue weighted by Gasteiger charge is -2.03. The second-order valence-corrected chi connectivity index (χ2v) is 3.24. The average Bonchev–Trinajstić information content (AvgIpc) is 2.20. The summed E-state index contributed by atoms with van der Waals surface area (Å²) in [5.74, 6) is 0.0754. The molecule has 1 aromatic heterocycles. The number of amides is 1. The number of nitrogens with zero attached hydrogens (tertiary/aromatic N) is 1. The molecular formula is C11H16N2O. The minimum Gasteiger partial charge on any atom is -0.356 e. The number of pyridine rings is 1. The second-order valence-electron chi connectivity index (χ2n) is 3.24. The van der Waals surface area contributed by atoms with E-state index in [0.29, 0.717) is 6.42 Å². The van der Waals surface area contributed by atoms with Crippen LogP contribution in [0.1, 0.15) is 25.3 Å². The SMILES string of the molecule is CCCCNC(=O)Cc1cccnc1. The zero-order valence-corrected chi connectivity index (χ0v) is 8.49. The van der Waals surface area contributed by atoms with Crippen molar-refractivity contribution in [3.05, 3.63) is 30.1 Å². The molecule has 1 N–H and O–H groups in total. The molecule has 0 spiro atoms. The fourth-order valence-electron chi connectivity index (χ4n) is 1.16. The minimum absolute atomic E-state index is 0.0754. The van der Waals surface area contributed by atoms with Crippen LogP contribution in [-0.2, 0) is 11.2 Å². The predicted octanol–water partition coefficient (Wildman–Crippen LogP) is 1.54. The summed E-state index contributed by atoms with van der Waals surface area (Å²) in [4.78, 5) is 15.3. The number of hydrogen-bond donors (Lipinski definition) is 1. The van der Waals surface area contributed by atoms with E-state index >= 15 is 0 Å². The second kappa shape index (κ2) is 6.13. The molecule has 0 saturated carbocycles. The largest absolute Gasteiger partial charge is 0.356 e. The van der Waals surface area contributed by atoms with Crippen molar-refractivity contribution in [2.75, 3.05) is 6.54 Å². The van der Waals surface area contributed by atoms with Gasteiger partial charge in [-0.3, -0.25) is 9.78 Å². The number of rotatable bonds is 5. The highest BCUT2D eigenvalue weighted by molar-refractivity contribution is 5.78. The van der Waals surface area contributed by atoms with Gasteiger partial charge in [-0.25, -0.2) is 0 Å². The van der Waals surface area contributed by atoms with Gasteiger partial charge in [0.05, 0.1) is 6.42 Å². The number of carbonyl (C=O) groups is 1. The maximum Gasteiger partial charge on any atom is 0.224 e. The molecule has 0 atom stereocenters. The van der Waals surface area contributed by atoms with E-state index < -0.39 is 0 Å². The van der Waals surface area contributed by atoms with Crippen molar-refractivity contribution in [2.24, 2.45) is 0 Å². The van der Waals surface area contributed by atoms with Gasteiger partial charge in [0, 0.05) is 18.9 Å². The van der Waals surface area contributed by atoms with Gasteiger partial charge >= 0.3 is 0 Å². The monoisotopic (exact) mass is 192 g/mol. The van der Waals surface area contributed by atoms with E-state index in [0.717, 1.165) is 24.9 Å². The molecule has 1 amide bonds. The quantitative estimate of drug-likeness (QED) is 0.719. The van der Waals surface area contributed by atoms with Gasteiger partial charge in [0.2, 0.25) is 5.91 Å². The van der Waals surface area contributed by atoms with Crippen LogP contribution in [0.3, 0.4) is 0 Å². The van der Waals surface area contributed by atoms with Crippen molar-refractivity contribution < 1.29 is 4.79 Å². The van der Waals surface area contributed by atoms with E-state index in [2.05, 4.69) is 17.2 Å². The first-order chi connectivity index (χ1) is 6.83. The van der Waals surface area contributed by atoms with Crippen LogP contribution in [0.5, 0.6) is 0 Å². The van der Waals surface area contributed by atoms with Crippen LogP contribution >= 0.6 is 0 Å². The first-order valence-corrected chi connectivity index (χ1v) is 4.98. The molecular weight excluding hydrogens is 176 g/mol. The van der Waals surface area contributed by atoms with Gasteiger partial charge in [-0.05, 0) is 18.1 Å². The molecule has 1 aromatic rings. The molecule has 76 valence electrons. The molecule has 3 heteroatoms. The predicted molar refractivity (Wildman–Crippen MR) is 55.9 cm³/mol. The summed E-state index contributed by atoms with van der Waals surface area (Å²) in [7, 11) is 0. The van der Waals surface area contributed by atoms with Crippen molar-refractivity contribution in [3.8, 4) is 0 Å². The summed E-state index contributed by atoms with van der Waals surface area (Å²) in [6.45, 7) is 2.88. The van der Waals surface area contributed by atoms with E-state index in [4.69, 9.17) is 0 Å². The lowest BCUT2D eigenvalue weighted by Crippen LogP contribution is -2.25. The lowest BCUT2D eigenvalue weighted by molar-refractivity contribution is -0.120. The van der Waals surface area contributed by atoms with Crippen molar-refractivity contribution >= 4 is 5.91 Å². The highest BCUT2D eigenvalue weighted by Crippen LogP contribution is 1.96. The molecule has 0 saturated heterocycles. The van der Waals surface area contributed by atoms with Gasteiger partial charge in [0.1, 0.15) is 0 Å². The smallest absolute Gasteiger partial charge is 0.224 e. The summed E-state index contributed by atoms with van der Waals surface area (Å²) in [6.07, 6.45) is 6.00. The number of aromatic nitrogens is 1. The molecule has 0 aliphatic heterocycles. The maximum atomic E-state index is 11.3. The van der Waals surface area contributed by atoms with Crippen LogP contribution in [0, 0.1) is 0 Å². The van der Waals surface area contributed by atoms with Crippen LogP contribution in [-0.4, -0.2) is 17.4 Å². The van der Waals surface area contributed by atoms with Gasteiger partial charge in [0.25, 0.3) is 0 Å². The molecule has 0 aliphatic rings. The standard InChI is InChI=1S/C11H16N2O/c1-2-3-7-13-11(14)8-10-5-4-6-12-9-10/h4-6,9H,2-3,7-8H2,1H3,(H,13,14). The highest BCUT2D eigenvalue weighted by Gasteiger charge is 2.01. The zero-order chi connectivity index (χ0) is 10.2. The summed E-state index contributed by atoms with van der Waals surface area (Å²) in [5.41, 5.74) is 0.960. The van der Waals surface area contributed by atoms with Crippen LogP contribution in [0.2, 0.25) is 0 Å². The molecule has 0 radical (unpaired) electrons. The molecule has 14 heavy (non-hydrogen) atoms.